The van der Waals surface area contributed by atoms with Gasteiger partial charge >= 0.3 is 0 Å². The van der Waals surface area contributed by atoms with Crippen molar-refractivity contribution in [3.05, 3.63) is 35.6 Å². The third-order valence-corrected chi connectivity index (χ3v) is 2.95. The summed E-state index contributed by atoms with van der Waals surface area (Å²) in [6.45, 7) is 6.79. The minimum Gasteiger partial charge on any atom is -0.357 e. The highest BCUT2D eigenvalue weighted by Crippen LogP contribution is 2.06. The first-order valence-electron chi connectivity index (χ1n) is 7.53. The van der Waals surface area contributed by atoms with Crippen LogP contribution in [-0.2, 0) is 6.42 Å². The zero-order valence-electron chi connectivity index (χ0n) is 13.0. The maximum Gasteiger partial charge on any atom is 0.191 e. The number of rotatable bonds is 8. The fourth-order valence-electron chi connectivity index (χ4n) is 1.89. The van der Waals surface area contributed by atoms with E-state index in [1.165, 1.54) is 12.5 Å². The molecule has 3 nitrogen and oxygen atoms in total. The number of nitrogens with one attached hydrogen (secondary N) is 2. The molecule has 0 aromatic heterocycles. The van der Waals surface area contributed by atoms with Gasteiger partial charge in [-0.2, -0.15) is 0 Å². The zero-order valence-corrected chi connectivity index (χ0v) is 15.3. The maximum absolute atomic E-state index is 13.0. The second kappa shape index (κ2) is 12.9. The Kier molecular flexibility index (Phi) is 12.3. The lowest BCUT2D eigenvalue weighted by atomic mass is 10.1. The first-order valence-corrected chi connectivity index (χ1v) is 7.53. The largest absolute Gasteiger partial charge is 0.357 e. The molecule has 21 heavy (non-hydrogen) atoms. The van der Waals surface area contributed by atoms with Crippen LogP contribution in [0.15, 0.2) is 29.3 Å². The third-order valence-electron chi connectivity index (χ3n) is 2.95. The van der Waals surface area contributed by atoms with Gasteiger partial charge < -0.3 is 10.6 Å². The van der Waals surface area contributed by atoms with Crippen LogP contribution < -0.4 is 10.6 Å². The minimum atomic E-state index is -0.166. The van der Waals surface area contributed by atoms with E-state index in [1.807, 2.05) is 6.07 Å². The van der Waals surface area contributed by atoms with Gasteiger partial charge in [0.2, 0.25) is 0 Å². The number of unbranched alkanes of at least 4 members (excludes halogenated alkanes) is 1. The molecule has 0 saturated heterocycles. The predicted molar refractivity (Wildman–Crippen MR) is 99.0 cm³/mol. The van der Waals surface area contributed by atoms with Gasteiger partial charge in [-0.1, -0.05) is 25.5 Å². The van der Waals surface area contributed by atoms with Gasteiger partial charge in [-0.25, -0.2) is 4.39 Å². The Hall–Kier alpha value is -0.850. The number of guanidine groups is 1. The highest BCUT2D eigenvalue weighted by molar-refractivity contribution is 14.0. The first-order chi connectivity index (χ1) is 9.76. The Morgan fingerprint density at radius 1 is 1.19 bits per heavy atom. The molecule has 0 unspecified atom stereocenters. The van der Waals surface area contributed by atoms with E-state index in [9.17, 15) is 4.39 Å². The molecule has 0 fully saturated rings. The Morgan fingerprint density at radius 2 is 2.00 bits per heavy atom. The quantitative estimate of drug-likeness (QED) is 0.298. The van der Waals surface area contributed by atoms with Crippen molar-refractivity contribution in [2.75, 3.05) is 19.6 Å². The van der Waals surface area contributed by atoms with Crippen molar-refractivity contribution in [2.45, 2.75) is 39.5 Å². The highest BCUT2D eigenvalue weighted by Gasteiger charge is 1.97. The molecule has 0 aliphatic rings. The van der Waals surface area contributed by atoms with E-state index in [0.717, 1.165) is 50.4 Å². The van der Waals surface area contributed by atoms with Crippen LogP contribution in [-0.4, -0.2) is 25.6 Å². The van der Waals surface area contributed by atoms with Gasteiger partial charge in [0, 0.05) is 19.6 Å². The Bertz CT molecular complexity index is 410. The van der Waals surface area contributed by atoms with Gasteiger partial charge in [-0.3, -0.25) is 4.99 Å². The van der Waals surface area contributed by atoms with Gasteiger partial charge in [0.1, 0.15) is 5.82 Å². The average Bonchev–Trinajstić information content (AvgIpc) is 2.44. The van der Waals surface area contributed by atoms with Crippen molar-refractivity contribution >= 4 is 29.9 Å². The second-order valence-corrected chi connectivity index (χ2v) is 4.77. The Balaban J connectivity index is 0.00000400. The molecule has 120 valence electrons. The van der Waals surface area contributed by atoms with Gasteiger partial charge in [0.15, 0.2) is 5.96 Å². The molecule has 0 bridgehead atoms. The zero-order chi connectivity index (χ0) is 14.6. The highest BCUT2D eigenvalue weighted by atomic mass is 127. The molecule has 1 rings (SSSR count). The second-order valence-electron chi connectivity index (χ2n) is 4.77. The average molecular weight is 407 g/mol. The maximum atomic E-state index is 13.0. The molecule has 0 radical (unpaired) electrons. The van der Waals surface area contributed by atoms with Crippen molar-refractivity contribution in [3.8, 4) is 0 Å². The summed E-state index contributed by atoms with van der Waals surface area (Å²) in [5.74, 6) is 0.709. The topological polar surface area (TPSA) is 36.4 Å². The number of halogens is 2. The lowest BCUT2D eigenvalue weighted by molar-refractivity contribution is 0.624. The summed E-state index contributed by atoms with van der Waals surface area (Å²) >= 11 is 0. The Morgan fingerprint density at radius 3 is 2.67 bits per heavy atom. The van der Waals surface area contributed by atoms with Crippen molar-refractivity contribution in [3.63, 3.8) is 0 Å². The SMILES string of the molecule is CCCCNC(=NCCCc1cccc(F)c1)NCC.I. The lowest BCUT2D eigenvalue weighted by Crippen LogP contribution is -2.37. The van der Waals surface area contributed by atoms with Crippen LogP contribution in [0.1, 0.15) is 38.7 Å². The monoisotopic (exact) mass is 407 g/mol. The number of hydrogen-bond acceptors (Lipinski definition) is 1. The normalized spacial score (nSPS) is 10.9. The predicted octanol–water partition coefficient (Wildman–Crippen LogP) is 3.73. The van der Waals surface area contributed by atoms with E-state index in [-0.39, 0.29) is 29.8 Å². The van der Waals surface area contributed by atoms with Crippen molar-refractivity contribution in [1.29, 1.82) is 0 Å². The molecule has 0 spiro atoms. The summed E-state index contributed by atoms with van der Waals surface area (Å²) in [6.07, 6.45) is 4.10. The van der Waals surface area contributed by atoms with Crippen LogP contribution in [0.5, 0.6) is 0 Å². The number of nitrogens with zero attached hydrogens (tertiary/aromatic N) is 1. The van der Waals surface area contributed by atoms with E-state index >= 15 is 0 Å². The summed E-state index contributed by atoms with van der Waals surface area (Å²) in [5, 5.41) is 6.54. The summed E-state index contributed by atoms with van der Waals surface area (Å²) in [5.41, 5.74) is 1.03. The first kappa shape index (κ1) is 20.1. The van der Waals surface area contributed by atoms with Crippen LogP contribution in [0.3, 0.4) is 0 Å². The van der Waals surface area contributed by atoms with Crippen LogP contribution in [0.4, 0.5) is 4.39 Å². The third kappa shape index (κ3) is 9.66. The summed E-state index contributed by atoms with van der Waals surface area (Å²) in [7, 11) is 0. The van der Waals surface area contributed by atoms with E-state index in [4.69, 9.17) is 0 Å². The van der Waals surface area contributed by atoms with Gasteiger partial charge in [0.05, 0.1) is 0 Å². The summed E-state index contributed by atoms with van der Waals surface area (Å²) < 4.78 is 13.0. The standard InChI is InChI=1S/C16H26FN3.HI/c1-3-5-11-19-16(18-4-2)20-12-7-9-14-8-6-10-15(17)13-14;/h6,8,10,13H,3-5,7,9,11-12H2,1-2H3,(H2,18,19,20);1H. The fraction of sp³-hybridized carbons (Fsp3) is 0.562. The molecular weight excluding hydrogens is 380 g/mol. The summed E-state index contributed by atoms with van der Waals surface area (Å²) in [4.78, 5) is 4.52. The van der Waals surface area contributed by atoms with E-state index in [2.05, 4.69) is 29.5 Å². The van der Waals surface area contributed by atoms with Crippen LogP contribution in [0.25, 0.3) is 0 Å². The molecule has 0 amide bonds. The van der Waals surface area contributed by atoms with Crippen molar-refractivity contribution in [2.24, 2.45) is 4.99 Å². The lowest BCUT2D eigenvalue weighted by Gasteiger charge is -2.10. The molecule has 1 aromatic rings. The molecule has 1 aromatic carbocycles. The smallest absolute Gasteiger partial charge is 0.191 e. The van der Waals surface area contributed by atoms with Crippen molar-refractivity contribution in [1.82, 2.24) is 10.6 Å². The number of aliphatic imine (C=N–C) groups is 1. The van der Waals surface area contributed by atoms with Gasteiger partial charge in [0.25, 0.3) is 0 Å². The Labute approximate surface area is 144 Å². The van der Waals surface area contributed by atoms with E-state index < -0.39 is 0 Å². The number of hydrogen-bond donors (Lipinski definition) is 2. The molecule has 0 saturated carbocycles. The van der Waals surface area contributed by atoms with Crippen LogP contribution >= 0.6 is 24.0 Å². The van der Waals surface area contributed by atoms with Gasteiger partial charge in [-0.05, 0) is 43.9 Å². The molecule has 0 aliphatic heterocycles. The molecule has 0 aliphatic carbocycles. The summed E-state index contributed by atoms with van der Waals surface area (Å²) in [6, 6.07) is 6.78. The minimum absolute atomic E-state index is 0. The van der Waals surface area contributed by atoms with Crippen LogP contribution in [0.2, 0.25) is 0 Å². The van der Waals surface area contributed by atoms with E-state index in [1.54, 1.807) is 12.1 Å². The molecule has 0 atom stereocenters. The molecule has 2 N–H and O–H groups in total. The number of benzene rings is 1. The molecular formula is C16H27FIN3. The van der Waals surface area contributed by atoms with Gasteiger partial charge in [-0.15, -0.1) is 24.0 Å². The molecule has 0 heterocycles. The van der Waals surface area contributed by atoms with Crippen LogP contribution in [0, 0.1) is 5.82 Å². The number of aryl methyl sites for hydroxylation is 1. The van der Waals surface area contributed by atoms with Crippen molar-refractivity contribution < 1.29 is 4.39 Å². The van der Waals surface area contributed by atoms with E-state index in [0.29, 0.717) is 0 Å². The fourth-order valence-corrected chi connectivity index (χ4v) is 1.89. The molecule has 5 heteroatoms.